The second-order valence-corrected chi connectivity index (χ2v) is 7.28. The van der Waals surface area contributed by atoms with E-state index in [1.54, 1.807) is 6.08 Å². The average molecular weight is 332 g/mol. The number of carbonyl (C=O) groups is 2. The molecule has 0 aromatic carbocycles. The van der Waals surface area contributed by atoms with E-state index in [4.69, 9.17) is 0 Å². The van der Waals surface area contributed by atoms with Gasteiger partial charge < -0.3 is 0 Å². The monoisotopic (exact) mass is 331 g/mol. The molecule has 1 aliphatic heterocycles. The van der Waals surface area contributed by atoms with E-state index >= 15 is 0 Å². The van der Waals surface area contributed by atoms with Crippen LogP contribution in [0.3, 0.4) is 0 Å². The van der Waals surface area contributed by atoms with Crippen molar-refractivity contribution in [3.8, 4) is 0 Å². The number of carbonyl (C=O) groups excluding carboxylic acids is 2. The van der Waals surface area contributed by atoms with E-state index in [1.165, 1.54) is 16.2 Å². The smallest absolute Gasteiger partial charge is 0.268 e. The van der Waals surface area contributed by atoms with Crippen LogP contribution in [0.2, 0.25) is 0 Å². The fraction of sp³-hybridized carbons (Fsp3) is 0.273. The normalized spacial score (nSPS) is 18.8. The lowest BCUT2D eigenvalue weighted by molar-refractivity contribution is -0.123. The Kier molecular flexibility index (Phi) is 3.75. The van der Waals surface area contributed by atoms with Crippen molar-refractivity contribution >= 4 is 56.3 Å². The molecule has 0 spiro atoms. The highest BCUT2D eigenvalue weighted by molar-refractivity contribution is 9.11. The minimum absolute atomic E-state index is 0.0940. The van der Waals surface area contributed by atoms with Crippen molar-refractivity contribution in [3.63, 3.8) is 0 Å². The number of amides is 2. The zero-order chi connectivity index (χ0) is 12.6. The van der Waals surface area contributed by atoms with Crippen molar-refractivity contribution in [2.75, 3.05) is 0 Å². The number of thioether (sulfide) groups is 1. The van der Waals surface area contributed by atoms with Crippen molar-refractivity contribution in [2.24, 2.45) is 0 Å². The molecule has 0 unspecified atom stereocenters. The SMILES string of the molecule is CC(C)N1C(=O)S/C(=C\c2ccc(Br)s2)C1=O. The van der Waals surface area contributed by atoms with E-state index in [2.05, 4.69) is 15.9 Å². The van der Waals surface area contributed by atoms with Gasteiger partial charge in [-0.2, -0.15) is 0 Å². The van der Waals surface area contributed by atoms with Gasteiger partial charge in [0.25, 0.3) is 11.1 Å². The van der Waals surface area contributed by atoms with Gasteiger partial charge in [0.15, 0.2) is 0 Å². The van der Waals surface area contributed by atoms with Gasteiger partial charge in [-0.3, -0.25) is 14.5 Å². The summed E-state index contributed by atoms with van der Waals surface area (Å²) in [6.07, 6.45) is 1.77. The topological polar surface area (TPSA) is 37.4 Å². The highest BCUT2D eigenvalue weighted by atomic mass is 79.9. The Morgan fingerprint density at radius 1 is 1.35 bits per heavy atom. The van der Waals surface area contributed by atoms with Gasteiger partial charge in [0.2, 0.25) is 0 Å². The summed E-state index contributed by atoms with van der Waals surface area (Å²) in [4.78, 5) is 26.4. The molecule has 2 heterocycles. The van der Waals surface area contributed by atoms with Crippen LogP contribution in [-0.4, -0.2) is 22.1 Å². The number of imide groups is 1. The van der Waals surface area contributed by atoms with Crippen molar-refractivity contribution in [3.05, 3.63) is 25.7 Å². The van der Waals surface area contributed by atoms with E-state index < -0.39 is 0 Å². The van der Waals surface area contributed by atoms with Gasteiger partial charge in [-0.15, -0.1) is 11.3 Å². The molecular formula is C11H10BrNO2S2. The van der Waals surface area contributed by atoms with Crippen LogP contribution >= 0.6 is 39.0 Å². The molecule has 1 saturated heterocycles. The van der Waals surface area contributed by atoms with Crippen LogP contribution in [0.1, 0.15) is 18.7 Å². The Balaban J connectivity index is 2.28. The van der Waals surface area contributed by atoms with Gasteiger partial charge >= 0.3 is 0 Å². The molecule has 17 heavy (non-hydrogen) atoms. The number of hydrogen-bond donors (Lipinski definition) is 0. The summed E-state index contributed by atoms with van der Waals surface area (Å²) in [5.41, 5.74) is 0. The summed E-state index contributed by atoms with van der Waals surface area (Å²) in [6.45, 7) is 3.67. The first-order valence-corrected chi connectivity index (χ1v) is 7.44. The quantitative estimate of drug-likeness (QED) is 0.770. The number of thiophene rings is 1. The molecule has 1 aromatic heterocycles. The Morgan fingerprint density at radius 3 is 2.53 bits per heavy atom. The predicted octanol–water partition coefficient (Wildman–Crippen LogP) is 3.96. The molecule has 0 N–H and O–H groups in total. The highest BCUT2D eigenvalue weighted by Crippen LogP contribution is 2.35. The van der Waals surface area contributed by atoms with Crippen LogP contribution in [0.25, 0.3) is 6.08 Å². The van der Waals surface area contributed by atoms with Gasteiger partial charge in [-0.05, 0) is 59.7 Å². The third kappa shape index (κ3) is 2.64. The van der Waals surface area contributed by atoms with E-state index in [9.17, 15) is 9.59 Å². The van der Waals surface area contributed by atoms with Crippen LogP contribution in [0.15, 0.2) is 20.8 Å². The second-order valence-electron chi connectivity index (χ2n) is 3.79. The van der Waals surface area contributed by atoms with Crippen molar-refractivity contribution < 1.29 is 9.59 Å². The van der Waals surface area contributed by atoms with Gasteiger partial charge in [-0.1, -0.05) is 0 Å². The van der Waals surface area contributed by atoms with Gasteiger partial charge in [0.1, 0.15) is 0 Å². The zero-order valence-corrected chi connectivity index (χ0v) is 12.5. The maximum absolute atomic E-state index is 12.0. The van der Waals surface area contributed by atoms with Gasteiger partial charge in [0.05, 0.1) is 8.69 Å². The standard InChI is InChI=1S/C11H10BrNO2S2/c1-6(2)13-10(14)8(17-11(13)15)5-7-3-4-9(12)16-7/h3-6H,1-2H3/b8-5-. The molecule has 0 atom stereocenters. The van der Waals surface area contributed by atoms with E-state index in [-0.39, 0.29) is 17.2 Å². The first kappa shape index (κ1) is 12.9. The fourth-order valence-electron chi connectivity index (χ4n) is 1.46. The molecule has 1 aliphatic rings. The molecule has 6 heteroatoms. The number of hydrogen-bond acceptors (Lipinski definition) is 4. The van der Waals surface area contributed by atoms with Crippen LogP contribution in [0.5, 0.6) is 0 Å². The molecule has 0 saturated carbocycles. The maximum atomic E-state index is 12.0. The third-order valence-electron chi connectivity index (χ3n) is 2.21. The van der Waals surface area contributed by atoms with Crippen LogP contribution in [0, 0.1) is 0 Å². The van der Waals surface area contributed by atoms with Crippen molar-refractivity contribution in [1.82, 2.24) is 4.90 Å². The van der Waals surface area contributed by atoms with Gasteiger partial charge in [-0.25, -0.2) is 0 Å². The first-order valence-electron chi connectivity index (χ1n) is 5.01. The maximum Gasteiger partial charge on any atom is 0.293 e. The lowest BCUT2D eigenvalue weighted by atomic mass is 10.3. The molecule has 1 fully saturated rings. The number of rotatable bonds is 2. The molecule has 2 rings (SSSR count). The summed E-state index contributed by atoms with van der Waals surface area (Å²) in [5, 5.41) is -0.188. The lowest BCUT2D eigenvalue weighted by Gasteiger charge is -2.16. The summed E-state index contributed by atoms with van der Waals surface area (Å²) >= 11 is 5.90. The second kappa shape index (κ2) is 4.96. The summed E-state index contributed by atoms with van der Waals surface area (Å²) < 4.78 is 1.01. The summed E-state index contributed by atoms with van der Waals surface area (Å²) in [6, 6.07) is 3.74. The molecule has 3 nitrogen and oxygen atoms in total. The third-order valence-corrected chi connectivity index (χ3v) is 4.66. The molecule has 2 amide bonds. The Morgan fingerprint density at radius 2 is 2.06 bits per heavy atom. The van der Waals surface area contributed by atoms with Gasteiger partial charge in [0, 0.05) is 10.9 Å². The van der Waals surface area contributed by atoms with Crippen molar-refractivity contribution in [2.45, 2.75) is 19.9 Å². The molecule has 90 valence electrons. The van der Waals surface area contributed by atoms with E-state index in [0.717, 1.165) is 20.4 Å². The first-order chi connectivity index (χ1) is 7.99. The highest BCUT2D eigenvalue weighted by Gasteiger charge is 2.36. The van der Waals surface area contributed by atoms with Crippen molar-refractivity contribution in [1.29, 1.82) is 0 Å². The molecular weight excluding hydrogens is 322 g/mol. The largest absolute Gasteiger partial charge is 0.293 e. The zero-order valence-electron chi connectivity index (χ0n) is 9.27. The van der Waals surface area contributed by atoms with E-state index in [0.29, 0.717) is 4.91 Å². The molecule has 0 aliphatic carbocycles. The van der Waals surface area contributed by atoms with Crippen LogP contribution < -0.4 is 0 Å². The lowest BCUT2D eigenvalue weighted by Crippen LogP contribution is -2.34. The molecule has 1 aromatic rings. The Bertz CT molecular complexity index is 507. The van der Waals surface area contributed by atoms with Crippen LogP contribution in [-0.2, 0) is 4.79 Å². The minimum Gasteiger partial charge on any atom is -0.268 e. The fourth-order valence-corrected chi connectivity index (χ4v) is 3.85. The Labute approximate surface area is 116 Å². The predicted molar refractivity (Wildman–Crippen MR) is 75.0 cm³/mol. The number of halogens is 1. The van der Waals surface area contributed by atoms with E-state index in [1.807, 2.05) is 26.0 Å². The minimum atomic E-state index is -0.195. The molecule has 0 bridgehead atoms. The molecule has 0 radical (unpaired) electrons. The Hall–Kier alpha value is -0.590. The van der Waals surface area contributed by atoms with Crippen LogP contribution in [0.4, 0.5) is 4.79 Å². The average Bonchev–Trinajstić information content (AvgIpc) is 2.73. The summed E-state index contributed by atoms with van der Waals surface area (Å²) in [5.74, 6) is -0.195. The number of nitrogens with zero attached hydrogens (tertiary/aromatic N) is 1. The summed E-state index contributed by atoms with van der Waals surface area (Å²) in [7, 11) is 0.